The smallest absolute Gasteiger partial charge is 0.343 e. The number of fused-ring (bicyclic) bond motifs is 6. The number of pyridine rings is 1. The summed E-state index contributed by atoms with van der Waals surface area (Å²) in [6, 6.07) is 5.00. The Morgan fingerprint density at radius 2 is 2.03 bits per heavy atom. The number of aromatic hydroxyl groups is 1. The second-order valence-electron chi connectivity index (χ2n) is 8.82. The average Bonchev–Trinajstić information content (AvgIpc) is 3.07. The van der Waals surface area contributed by atoms with E-state index in [1.165, 1.54) is 6.07 Å². The van der Waals surface area contributed by atoms with Gasteiger partial charge in [-0.15, -0.1) is 0 Å². The Morgan fingerprint density at radius 3 is 2.75 bits per heavy atom. The molecule has 4 rings (SSSR count). The van der Waals surface area contributed by atoms with Crippen LogP contribution in [0.1, 0.15) is 62.0 Å². The second kappa shape index (κ2) is 8.50. The number of aromatic nitrogens is 1. The quantitative estimate of drug-likeness (QED) is 0.519. The molecule has 0 amide bonds. The number of carbonyl (C=O) groups is 1. The van der Waals surface area contributed by atoms with Gasteiger partial charge in [-0.1, -0.05) is 0 Å². The lowest BCUT2D eigenvalue weighted by atomic mass is 9.93. The zero-order valence-electron chi connectivity index (χ0n) is 19.0. The first-order chi connectivity index (χ1) is 15.3. The Kier molecular flexibility index (Phi) is 5.90. The van der Waals surface area contributed by atoms with Crippen molar-refractivity contribution in [1.29, 1.82) is 0 Å². The van der Waals surface area contributed by atoms with E-state index in [2.05, 4.69) is 18.9 Å². The first-order valence-corrected chi connectivity index (χ1v) is 11.0. The van der Waals surface area contributed by atoms with Gasteiger partial charge in [-0.25, -0.2) is 4.79 Å². The molecule has 1 unspecified atom stereocenters. The molecule has 0 radical (unpaired) electrons. The van der Waals surface area contributed by atoms with Gasteiger partial charge in [0.05, 0.1) is 30.5 Å². The van der Waals surface area contributed by atoms with Crippen LogP contribution in [0.15, 0.2) is 29.2 Å². The lowest BCUT2D eigenvalue weighted by Crippen LogP contribution is -2.50. The van der Waals surface area contributed by atoms with E-state index in [-0.39, 0.29) is 29.5 Å². The minimum Gasteiger partial charge on any atom is -0.504 e. The van der Waals surface area contributed by atoms with Gasteiger partial charge in [0.2, 0.25) is 0 Å². The highest BCUT2D eigenvalue weighted by Gasteiger charge is 2.45. The molecule has 1 aromatic carbocycles. The highest BCUT2D eigenvalue weighted by molar-refractivity contribution is 5.89. The average molecular weight is 443 g/mol. The summed E-state index contributed by atoms with van der Waals surface area (Å²) in [5, 5.41) is 12.8. The molecule has 0 aliphatic carbocycles. The summed E-state index contributed by atoms with van der Waals surface area (Å²) in [4.78, 5) is 25.2. The standard InChI is InChI=1S/C24H30N2O6/c1-5-31-23(29)17-14-25-19(13-20(17)27)15-11-21(28)22(32-10-6-9-30-4)12-16(15)18-7-8-24(2,3)26(18)25/h11-14,18,28H,5-10H2,1-4H3. The van der Waals surface area contributed by atoms with E-state index in [0.29, 0.717) is 31.1 Å². The molecule has 2 aliphatic heterocycles. The number of methoxy groups -OCH3 is 1. The van der Waals surface area contributed by atoms with Gasteiger partial charge < -0.3 is 19.3 Å². The molecule has 8 nitrogen and oxygen atoms in total. The summed E-state index contributed by atoms with van der Waals surface area (Å²) in [6.07, 6.45) is 4.12. The van der Waals surface area contributed by atoms with Gasteiger partial charge >= 0.3 is 5.97 Å². The minimum absolute atomic E-state index is 0.00261. The summed E-state index contributed by atoms with van der Waals surface area (Å²) in [6.45, 7) is 7.20. The van der Waals surface area contributed by atoms with Gasteiger partial charge in [-0.2, -0.15) is 0 Å². The van der Waals surface area contributed by atoms with Crippen LogP contribution in [0.4, 0.5) is 0 Å². The molecule has 0 spiro atoms. The molecule has 0 bridgehead atoms. The number of rotatable bonds is 7. The predicted octanol–water partition coefficient (Wildman–Crippen LogP) is 3.38. The van der Waals surface area contributed by atoms with Crippen molar-refractivity contribution < 1.29 is 24.1 Å². The normalized spacial score (nSPS) is 18.0. The van der Waals surface area contributed by atoms with Gasteiger partial charge in [0.15, 0.2) is 16.9 Å². The zero-order chi connectivity index (χ0) is 23.0. The molecule has 32 heavy (non-hydrogen) atoms. The van der Waals surface area contributed by atoms with E-state index in [9.17, 15) is 14.7 Å². The molecule has 8 heteroatoms. The number of hydrogen-bond donors (Lipinski definition) is 1. The first-order valence-electron chi connectivity index (χ1n) is 11.0. The molecular formula is C24H30N2O6. The van der Waals surface area contributed by atoms with E-state index in [0.717, 1.165) is 24.0 Å². The van der Waals surface area contributed by atoms with Crippen molar-refractivity contribution in [2.45, 2.75) is 51.6 Å². The number of hydrogen-bond acceptors (Lipinski definition) is 7. The monoisotopic (exact) mass is 442 g/mol. The predicted molar refractivity (Wildman–Crippen MR) is 120 cm³/mol. The van der Waals surface area contributed by atoms with Crippen LogP contribution >= 0.6 is 0 Å². The molecule has 1 aromatic heterocycles. The molecule has 0 saturated carbocycles. The van der Waals surface area contributed by atoms with Crippen LogP contribution in [0.25, 0.3) is 11.3 Å². The molecule has 1 fully saturated rings. The summed E-state index contributed by atoms with van der Waals surface area (Å²) < 4.78 is 17.8. The van der Waals surface area contributed by atoms with E-state index in [1.54, 1.807) is 26.3 Å². The molecule has 2 aromatic rings. The van der Waals surface area contributed by atoms with Crippen LogP contribution in [0.5, 0.6) is 11.5 Å². The van der Waals surface area contributed by atoms with Crippen LogP contribution in [0.3, 0.4) is 0 Å². The van der Waals surface area contributed by atoms with Gasteiger partial charge in [0.1, 0.15) is 5.56 Å². The second-order valence-corrected chi connectivity index (χ2v) is 8.82. The van der Waals surface area contributed by atoms with Crippen molar-refractivity contribution in [3.05, 3.63) is 45.7 Å². The van der Waals surface area contributed by atoms with E-state index in [4.69, 9.17) is 14.2 Å². The third-order valence-corrected chi connectivity index (χ3v) is 6.22. The number of carbonyl (C=O) groups excluding carboxylic acids is 1. The van der Waals surface area contributed by atoms with Crippen molar-refractivity contribution in [2.75, 3.05) is 31.9 Å². The Bertz CT molecular complexity index is 1090. The van der Waals surface area contributed by atoms with Crippen LogP contribution in [-0.2, 0) is 9.47 Å². The molecule has 1 N–H and O–H groups in total. The van der Waals surface area contributed by atoms with Crippen molar-refractivity contribution in [1.82, 2.24) is 4.68 Å². The Morgan fingerprint density at radius 1 is 1.25 bits per heavy atom. The third kappa shape index (κ3) is 3.72. The minimum atomic E-state index is -0.630. The van der Waals surface area contributed by atoms with Gasteiger partial charge in [-0.3, -0.25) is 14.5 Å². The number of nitrogens with zero attached hydrogens (tertiary/aromatic N) is 2. The number of esters is 1. The van der Waals surface area contributed by atoms with Gasteiger partial charge in [0.25, 0.3) is 0 Å². The SMILES string of the molecule is CCOC(=O)c1cn2c(cc1=O)-c1cc(O)c(OCCCOC)cc1C1CCC(C)(C)N12. The van der Waals surface area contributed by atoms with Crippen LogP contribution in [0, 0.1) is 0 Å². The fourth-order valence-electron chi connectivity index (χ4n) is 4.73. The highest BCUT2D eigenvalue weighted by Crippen LogP contribution is 2.50. The fourth-order valence-corrected chi connectivity index (χ4v) is 4.73. The topological polar surface area (TPSA) is 90.2 Å². The molecule has 1 saturated heterocycles. The number of ether oxygens (including phenoxy) is 3. The first kappa shape index (κ1) is 22.2. The van der Waals surface area contributed by atoms with Crippen molar-refractivity contribution in [2.24, 2.45) is 0 Å². The maximum atomic E-state index is 12.8. The lowest BCUT2D eigenvalue weighted by molar-refractivity contribution is 0.0523. The maximum absolute atomic E-state index is 12.8. The summed E-state index contributed by atoms with van der Waals surface area (Å²) in [5.41, 5.74) is 1.79. The van der Waals surface area contributed by atoms with Crippen molar-refractivity contribution in [3.63, 3.8) is 0 Å². The number of benzene rings is 1. The third-order valence-electron chi connectivity index (χ3n) is 6.22. The Hall–Kier alpha value is -3.00. The Balaban J connectivity index is 1.84. The van der Waals surface area contributed by atoms with Crippen molar-refractivity contribution in [3.8, 4) is 22.8 Å². The van der Waals surface area contributed by atoms with Crippen LogP contribution in [0.2, 0.25) is 0 Å². The number of phenolic OH excluding ortho intramolecular Hbond substituents is 1. The molecule has 1 atom stereocenters. The molecular weight excluding hydrogens is 412 g/mol. The number of phenols is 1. The van der Waals surface area contributed by atoms with E-state index in [1.807, 2.05) is 10.7 Å². The van der Waals surface area contributed by atoms with Crippen molar-refractivity contribution >= 4 is 5.97 Å². The fraction of sp³-hybridized carbons (Fsp3) is 0.500. The van der Waals surface area contributed by atoms with E-state index < -0.39 is 11.4 Å². The highest BCUT2D eigenvalue weighted by atomic mass is 16.5. The van der Waals surface area contributed by atoms with Crippen LogP contribution in [-0.4, -0.2) is 48.2 Å². The maximum Gasteiger partial charge on any atom is 0.343 e. The summed E-state index contributed by atoms with van der Waals surface area (Å²) >= 11 is 0. The molecule has 3 heterocycles. The summed E-state index contributed by atoms with van der Waals surface area (Å²) in [5.74, 6) is -0.196. The van der Waals surface area contributed by atoms with Gasteiger partial charge in [0, 0.05) is 38.0 Å². The molecule has 2 aliphatic rings. The van der Waals surface area contributed by atoms with Crippen LogP contribution < -0.4 is 15.2 Å². The Labute approximate surface area is 187 Å². The zero-order valence-corrected chi connectivity index (χ0v) is 19.0. The van der Waals surface area contributed by atoms with Gasteiger partial charge in [-0.05, 0) is 51.3 Å². The summed E-state index contributed by atoms with van der Waals surface area (Å²) in [7, 11) is 1.64. The van der Waals surface area contributed by atoms with E-state index >= 15 is 0 Å². The molecule has 172 valence electrons. The lowest BCUT2D eigenvalue weighted by Gasteiger charge is -2.44. The largest absolute Gasteiger partial charge is 0.504 e.